The Labute approximate surface area is 272 Å². The summed E-state index contributed by atoms with van der Waals surface area (Å²) in [4.78, 5) is 40.6. The standard InChI is InChI=1S/C32H51N7O7/c1-3-7-30(41)39(26-40)18-15-37-13-16-38(17-14-37)31(42)12-21-45-23-22-43-19-5-4-6-20-44-24-25-46-29-10-8-28(9-11-29)32(34)36-35-27(2)33/h3,7-11,26H,4-6,12-25H2,1-2H3,(H2,33,35)(H2,34,36)/b7-3-. The number of rotatable bonds is 23. The fourth-order valence-electron chi connectivity index (χ4n) is 4.38. The largest absolute Gasteiger partial charge is 0.491 e. The fraction of sp³-hybridized carbons (Fsp3) is 0.594. The van der Waals surface area contributed by atoms with Gasteiger partial charge in [0.15, 0.2) is 5.84 Å². The van der Waals surface area contributed by atoms with E-state index in [1.54, 1.807) is 19.9 Å². The molecule has 46 heavy (non-hydrogen) atoms. The zero-order valence-electron chi connectivity index (χ0n) is 27.3. The van der Waals surface area contributed by atoms with E-state index < -0.39 is 0 Å². The molecule has 0 unspecified atom stereocenters. The predicted octanol–water partition coefficient (Wildman–Crippen LogP) is 1.38. The van der Waals surface area contributed by atoms with Gasteiger partial charge in [0.25, 0.3) is 5.91 Å². The maximum atomic E-state index is 12.5. The van der Waals surface area contributed by atoms with Crippen molar-refractivity contribution < 1.29 is 33.3 Å². The number of hydrogen-bond donors (Lipinski definition) is 2. The minimum absolute atomic E-state index is 0.0718. The van der Waals surface area contributed by atoms with E-state index in [9.17, 15) is 14.4 Å². The number of hydrogen-bond acceptors (Lipinski definition) is 10. The van der Waals surface area contributed by atoms with Gasteiger partial charge in [-0.15, -0.1) is 10.2 Å². The van der Waals surface area contributed by atoms with Crippen LogP contribution in [-0.2, 0) is 28.6 Å². The molecule has 1 aromatic carbocycles. The predicted molar refractivity (Wildman–Crippen MR) is 176 cm³/mol. The van der Waals surface area contributed by atoms with Crippen LogP contribution in [0.4, 0.5) is 0 Å². The summed E-state index contributed by atoms with van der Waals surface area (Å²) in [5, 5.41) is 7.61. The van der Waals surface area contributed by atoms with Crippen molar-refractivity contribution in [3.8, 4) is 5.75 Å². The van der Waals surface area contributed by atoms with Crippen LogP contribution in [-0.4, -0.2) is 130 Å². The van der Waals surface area contributed by atoms with Gasteiger partial charge in [-0.1, -0.05) is 6.08 Å². The van der Waals surface area contributed by atoms with Crippen LogP contribution in [0.1, 0.15) is 45.1 Å². The molecule has 0 radical (unpaired) electrons. The lowest BCUT2D eigenvalue weighted by Gasteiger charge is -2.35. The van der Waals surface area contributed by atoms with Gasteiger partial charge in [-0.05, 0) is 63.5 Å². The Morgan fingerprint density at radius 2 is 1.50 bits per heavy atom. The van der Waals surface area contributed by atoms with Crippen LogP contribution in [0.2, 0.25) is 0 Å². The molecular formula is C32H51N7O7. The summed E-state index contributed by atoms with van der Waals surface area (Å²) < 4.78 is 22.5. The Balaban J connectivity index is 1.38. The normalized spacial score (nSPS) is 14.5. The van der Waals surface area contributed by atoms with E-state index in [-0.39, 0.29) is 17.6 Å². The van der Waals surface area contributed by atoms with E-state index in [4.69, 9.17) is 30.4 Å². The number of allylic oxidation sites excluding steroid dienone is 1. The van der Waals surface area contributed by atoms with Crippen molar-refractivity contribution in [1.29, 1.82) is 0 Å². The highest BCUT2D eigenvalue weighted by molar-refractivity contribution is 5.98. The number of benzene rings is 1. The molecular weight excluding hydrogens is 594 g/mol. The molecule has 14 heteroatoms. The van der Waals surface area contributed by atoms with Gasteiger partial charge in [0.1, 0.15) is 18.2 Å². The van der Waals surface area contributed by atoms with E-state index >= 15 is 0 Å². The highest BCUT2D eigenvalue weighted by Crippen LogP contribution is 2.12. The van der Waals surface area contributed by atoms with Gasteiger partial charge < -0.3 is 35.3 Å². The Morgan fingerprint density at radius 3 is 2.11 bits per heavy atom. The van der Waals surface area contributed by atoms with Gasteiger partial charge in [-0.3, -0.25) is 24.2 Å². The molecule has 0 atom stereocenters. The Hall–Kier alpha value is -3.85. The summed E-state index contributed by atoms with van der Waals surface area (Å²) in [5.41, 5.74) is 12.1. The minimum atomic E-state index is -0.318. The first kappa shape index (κ1) is 38.3. The highest BCUT2D eigenvalue weighted by atomic mass is 16.5. The highest BCUT2D eigenvalue weighted by Gasteiger charge is 2.21. The number of piperazine rings is 1. The minimum Gasteiger partial charge on any atom is -0.491 e. The topological polar surface area (TPSA) is 175 Å². The smallest absolute Gasteiger partial charge is 0.252 e. The van der Waals surface area contributed by atoms with E-state index in [0.29, 0.717) is 104 Å². The van der Waals surface area contributed by atoms with Crippen molar-refractivity contribution in [3.63, 3.8) is 0 Å². The summed E-state index contributed by atoms with van der Waals surface area (Å²) in [6, 6.07) is 7.26. The zero-order chi connectivity index (χ0) is 33.4. The lowest BCUT2D eigenvalue weighted by molar-refractivity contribution is -0.134. The van der Waals surface area contributed by atoms with Crippen molar-refractivity contribution in [1.82, 2.24) is 14.7 Å². The van der Waals surface area contributed by atoms with E-state index in [0.717, 1.165) is 35.5 Å². The number of nitrogens with two attached hydrogens (primary N) is 2. The number of carbonyl (C=O) groups is 3. The van der Waals surface area contributed by atoms with E-state index in [2.05, 4.69) is 15.1 Å². The number of nitrogens with zero attached hydrogens (tertiary/aromatic N) is 5. The molecule has 0 aliphatic carbocycles. The second-order valence-corrected chi connectivity index (χ2v) is 10.6. The fourth-order valence-corrected chi connectivity index (χ4v) is 4.38. The van der Waals surface area contributed by atoms with E-state index in [1.807, 2.05) is 29.2 Å². The molecule has 1 aliphatic heterocycles. The van der Waals surface area contributed by atoms with Gasteiger partial charge in [-0.25, -0.2) is 0 Å². The molecule has 1 aromatic rings. The van der Waals surface area contributed by atoms with Gasteiger partial charge in [0.05, 0.1) is 32.8 Å². The lowest BCUT2D eigenvalue weighted by atomic mass is 10.2. The molecule has 1 heterocycles. The number of unbranched alkanes of at least 4 members (excludes halogenated alkanes) is 2. The molecule has 0 aromatic heterocycles. The van der Waals surface area contributed by atoms with Crippen LogP contribution in [0.3, 0.4) is 0 Å². The number of imide groups is 1. The monoisotopic (exact) mass is 645 g/mol. The van der Waals surface area contributed by atoms with Crippen LogP contribution in [0.15, 0.2) is 46.6 Å². The molecule has 4 N–H and O–H groups in total. The second kappa shape index (κ2) is 23.5. The van der Waals surface area contributed by atoms with Crippen molar-refractivity contribution in [2.45, 2.75) is 39.5 Å². The van der Waals surface area contributed by atoms with Gasteiger partial charge >= 0.3 is 0 Å². The average Bonchev–Trinajstić information content (AvgIpc) is 3.06. The van der Waals surface area contributed by atoms with Gasteiger partial charge in [0, 0.05) is 58.0 Å². The Morgan fingerprint density at radius 1 is 0.870 bits per heavy atom. The van der Waals surface area contributed by atoms with Crippen LogP contribution >= 0.6 is 0 Å². The van der Waals surface area contributed by atoms with Crippen LogP contribution in [0.25, 0.3) is 0 Å². The summed E-state index contributed by atoms with van der Waals surface area (Å²) in [5.74, 6) is 1.09. The first-order valence-corrected chi connectivity index (χ1v) is 15.8. The van der Waals surface area contributed by atoms with Crippen molar-refractivity contribution in [2.75, 3.05) is 85.5 Å². The molecule has 2 rings (SSSR count). The molecule has 256 valence electrons. The summed E-state index contributed by atoms with van der Waals surface area (Å²) in [6.07, 6.45) is 6.78. The number of ether oxygens (including phenoxy) is 4. The van der Waals surface area contributed by atoms with Crippen molar-refractivity contribution in [2.24, 2.45) is 21.7 Å². The zero-order valence-corrected chi connectivity index (χ0v) is 27.3. The Kier molecular flexibility index (Phi) is 19.6. The molecule has 0 spiro atoms. The molecule has 0 bridgehead atoms. The molecule has 14 nitrogen and oxygen atoms in total. The third-order valence-electron chi connectivity index (χ3n) is 6.97. The SMILES string of the molecule is C/C=C\C(=O)N(C=O)CCN1CCN(C(=O)CCOCCOCCCCCOCCOc2ccc(/C(N)=N/N=C(/C)N)cc2)CC1. The van der Waals surface area contributed by atoms with Gasteiger partial charge in [0.2, 0.25) is 12.3 Å². The number of amides is 3. The third kappa shape index (κ3) is 16.5. The van der Waals surface area contributed by atoms with Crippen molar-refractivity contribution >= 4 is 29.9 Å². The number of carbonyl (C=O) groups excluding carboxylic acids is 3. The number of amidine groups is 2. The molecule has 0 saturated carbocycles. The quantitative estimate of drug-likeness (QED) is 0.0442. The van der Waals surface area contributed by atoms with Crippen molar-refractivity contribution in [3.05, 3.63) is 42.0 Å². The van der Waals surface area contributed by atoms with Crippen LogP contribution < -0.4 is 16.2 Å². The van der Waals surface area contributed by atoms with Crippen LogP contribution in [0, 0.1) is 0 Å². The molecule has 3 amide bonds. The molecule has 1 fully saturated rings. The first-order valence-electron chi connectivity index (χ1n) is 15.8. The summed E-state index contributed by atoms with van der Waals surface area (Å²) in [6.45, 7) is 10.6. The molecule has 1 saturated heterocycles. The maximum absolute atomic E-state index is 12.5. The maximum Gasteiger partial charge on any atom is 0.252 e. The second-order valence-electron chi connectivity index (χ2n) is 10.6. The Bertz CT molecular complexity index is 1120. The lowest BCUT2D eigenvalue weighted by Crippen LogP contribution is -2.50. The first-order chi connectivity index (χ1) is 22.3. The molecule has 1 aliphatic rings. The van der Waals surface area contributed by atoms with Crippen LogP contribution in [0.5, 0.6) is 5.75 Å². The van der Waals surface area contributed by atoms with E-state index in [1.165, 1.54) is 6.08 Å². The average molecular weight is 646 g/mol. The summed E-state index contributed by atoms with van der Waals surface area (Å²) >= 11 is 0. The van der Waals surface area contributed by atoms with Gasteiger partial charge in [-0.2, -0.15) is 0 Å². The third-order valence-corrected chi connectivity index (χ3v) is 6.97. The summed E-state index contributed by atoms with van der Waals surface area (Å²) in [7, 11) is 0.